The van der Waals surface area contributed by atoms with Gasteiger partial charge in [0.1, 0.15) is 5.75 Å². The molecule has 206 valence electrons. The predicted octanol–water partition coefficient (Wildman–Crippen LogP) is 6.00. The third-order valence-corrected chi connectivity index (χ3v) is 9.05. The standard InChI is InChI=1S/C31H40Cl2N2O3/c1-5-12-34-13-11-31(23-7-6-8-25(16-23)38-4)18-24(17-29(36)26(31)20-34)35(19-21(2)3)30(37)15-22-9-10-27(32)28(33)14-22/h5-10,14,16,21,24,26,29,36H,1,11-13,15,17-20H2,2-4H3/t24-,26+,29?,31+/m1/s1. The highest BCUT2D eigenvalue weighted by Crippen LogP contribution is 2.50. The van der Waals surface area contributed by atoms with E-state index in [1.165, 1.54) is 5.56 Å². The number of carbonyl (C=O) groups is 1. The molecule has 1 saturated carbocycles. The Morgan fingerprint density at radius 2 is 2.05 bits per heavy atom. The molecular weight excluding hydrogens is 519 g/mol. The van der Waals surface area contributed by atoms with Crippen molar-refractivity contribution in [1.29, 1.82) is 0 Å². The number of likely N-dealkylation sites (tertiary alicyclic amines) is 1. The zero-order chi connectivity index (χ0) is 27.4. The maximum atomic E-state index is 13.8. The van der Waals surface area contributed by atoms with Crippen molar-refractivity contribution in [2.24, 2.45) is 11.8 Å². The number of hydrogen-bond donors (Lipinski definition) is 1. The lowest BCUT2D eigenvalue weighted by atomic mass is 9.56. The first kappa shape index (κ1) is 28.9. The van der Waals surface area contributed by atoms with E-state index in [2.05, 4.69) is 37.5 Å². The van der Waals surface area contributed by atoms with Crippen LogP contribution in [0.4, 0.5) is 0 Å². The summed E-state index contributed by atoms with van der Waals surface area (Å²) in [7, 11) is 1.69. The molecule has 0 aromatic heterocycles. The number of nitrogens with zero attached hydrogens (tertiary/aromatic N) is 2. The third-order valence-electron chi connectivity index (χ3n) is 8.31. The molecule has 1 saturated heterocycles. The lowest BCUT2D eigenvalue weighted by molar-refractivity contribution is -0.138. The first-order valence-electron chi connectivity index (χ1n) is 13.6. The van der Waals surface area contributed by atoms with Gasteiger partial charge in [-0.05, 0) is 67.1 Å². The number of aliphatic hydroxyl groups is 1. The summed E-state index contributed by atoms with van der Waals surface area (Å²) in [5, 5.41) is 12.6. The van der Waals surface area contributed by atoms with Crippen LogP contribution in [0, 0.1) is 11.8 Å². The molecule has 0 radical (unpaired) electrons. The minimum Gasteiger partial charge on any atom is -0.497 e. The molecule has 38 heavy (non-hydrogen) atoms. The zero-order valence-corrected chi connectivity index (χ0v) is 24.2. The molecule has 1 amide bonds. The topological polar surface area (TPSA) is 53.0 Å². The summed E-state index contributed by atoms with van der Waals surface area (Å²) < 4.78 is 5.59. The van der Waals surface area contributed by atoms with Crippen molar-refractivity contribution in [2.75, 3.05) is 33.3 Å². The molecule has 1 unspecified atom stereocenters. The van der Waals surface area contributed by atoms with Gasteiger partial charge < -0.3 is 14.7 Å². The van der Waals surface area contributed by atoms with Crippen molar-refractivity contribution in [1.82, 2.24) is 9.80 Å². The lowest BCUT2D eigenvalue weighted by Crippen LogP contribution is -2.61. The van der Waals surface area contributed by atoms with E-state index >= 15 is 0 Å². The van der Waals surface area contributed by atoms with Gasteiger partial charge in [0.25, 0.3) is 0 Å². The Balaban J connectivity index is 1.68. The van der Waals surface area contributed by atoms with E-state index < -0.39 is 6.10 Å². The number of fused-ring (bicyclic) bond motifs is 1. The van der Waals surface area contributed by atoms with E-state index in [-0.39, 0.29) is 29.7 Å². The van der Waals surface area contributed by atoms with Crippen molar-refractivity contribution < 1.29 is 14.6 Å². The van der Waals surface area contributed by atoms with Gasteiger partial charge in [0, 0.05) is 37.0 Å². The Morgan fingerprint density at radius 1 is 1.26 bits per heavy atom. The first-order valence-corrected chi connectivity index (χ1v) is 14.3. The van der Waals surface area contributed by atoms with Crippen LogP contribution in [-0.4, -0.2) is 66.2 Å². The summed E-state index contributed by atoms with van der Waals surface area (Å²) in [5.41, 5.74) is 1.77. The van der Waals surface area contributed by atoms with E-state index in [0.717, 1.165) is 43.8 Å². The van der Waals surface area contributed by atoms with Crippen molar-refractivity contribution in [2.45, 2.75) is 57.1 Å². The van der Waals surface area contributed by atoms with Crippen LogP contribution in [-0.2, 0) is 16.6 Å². The molecule has 2 aromatic rings. The van der Waals surface area contributed by atoms with Gasteiger partial charge in [0.2, 0.25) is 5.91 Å². The Labute approximate surface area is 237 Å². The smallest absolute Gasteiger partial charge is 0.227 e. The number of hydrogen-bond acceptors (Lipinski definition) is 4. The maximum Gasteiger partial charge on any atom is 0.227 e. The molecular formula is C31H40Cl2N2O3. The molecule has 2 aromatic carbocycles. The molecule has 1 aliphatic carbocycles. The van der Waals surface area contributed by atoms with E-state index in [1.54, 1.807) is 19.2 Å². The van der Waals surface area contributed by atoms with Crippen molar-refractivity contribution >= 4 is 29.1 Å². The van der Waals surface area contributed by atoms with Crippen molar-refractivity contribution in [3.63, 3.8) is 0 Å². The van der Waals surface area contributed by atoms with Crippen LogP contribution >= 0.6 is 23.2 Å². The van der Waals surface area contributed by atoms with Crippen LogP contribution in [0.25, 0.3) is 0 Å². The number of halogens is 2. The predicted molar refractivity (Wildman–Crippen MR) is 155 cm³/mol. The van der Waals surface area contributed by atoms with Crippen LogP contribution in [0.2, 0.25) is 10.0 Å². The van der Waals surface area contributed by atoms with Gasteiger partial charge in [-0.2, -0.15) is 0 Å². The number of benzene rings is 2. The number of amides is 1. The molecule has 2 fully saturated rings. The molecule has 2 aliphatic rings. The number of piperidine rings is 1. The first-order chi connectivity index (χ1) is 18.2. The largest absolute Gasteiger partial charge is 0.497 e. The summed E-state index contributed by atoms with van der Waals surface area (Å²) in [4.78, 5) is 18.2. The molecule has 4 atom stereocenters. The number of ether oxygens (including phenoxy) is 1. The third kappa shape index (κ3) is 6.22. The van der Waals surface area contributed by atoms with Crippen LogP contribution in [0.1, 0.15) is 44.2 Å². The summed E-state index contributed by atoms with van der Waals surface area (Å²) >= 11 is 12.3. The summed E-state index contributed by atoms with van der Waals surface area (Å²) in [6.07, 6.45) is 3.94. The maximum absolute atomic E-state index is 13.8. The van der Waals surface area contributed by atoms with Gasteiger partial charge in [0.15, 0.2) is 0 Å². The molecule has 1 aliphatic heterocycles. The van der Waals surface area contributed by atoms with Crippen LogP contribution in [0.3, 0.4) is 0 Å². The van der Waals surface area contributed by atoms with Crippen molar-refractivity contribution in [3.8, 4) is 5.75 Å². The van der Waals surface area contributed by atoms with E-state index in [9.17, 15) is 9.90 Å². The van der Waals surface area contributed by atoms with Crippen LogP contribution in [0.5, 0.6) is 5.75 Å². The number of carbonyl (C=O) groups excluding carboxylic acids is 1. The minimum absolute atomic E-state index is 0.0534. The Bertz CT molecular complexity index is 1140. The molecule has 1 heterocycles. The fourth-order valence-corrected chi connectivity index (χ4v) is 6.87. The summed E-state index contributed by atoms with van der Waals surface area (Å²) in [5.74, 6) is 1.23. The van der Waals surface area contributed by atoms with Gasteiger partial charge >= 0.3 is 0 Å². The quantitative estimate of drug-likeness (QED) is 0.383. The molecule has 7 heteroatoms. The Hall–Kier alpha value is -2.05. The normalized spacial score (nSPS) is 25.6. The van der Waals surface area contributed by atoms with Gasteiger partial charge in [-0.15, -0.1) is 6.58 Å². The Morgan fingerprint density at radius 3 is 2.74 bits per heavy atom. The highest BCUT2D eigenvalue weighted by atomic mass is 35.5. The summed E-state index contributed by atoms with van der Waals surface area (Å²) in [6.45, 7) is 11.4. The molecule has 5 nitrogen and oxygen atoms in total. The van der Waals surface area contributed by atoms with Gasteiger partial charge in [-0.25, -0.2) is 0 Å². The van der Waals surface area contributed by atoms with Gasteiger partial charge in [-0.3, -0.25) is 9.69 Å². The molecule has 0 bridgehead atoms. The van der Waals surface area contributed by atoms with Gasteiger partial charge in [-0.1, -0.05) is 61.3 Å². The van der Waals surface area contributed by atoms with E-state index in [4.69, 9.17) is 27.9 Å². The van der Waals surface area contributed by atoms with E-state index in [1.807, 2.05) is 29.2 Å². The second-order valence-electron chi connectivity index (χ2n) is 11.3. The van der Waals surface area contributed by atoms with Gasteiger partial charge in [0.05, 0.1) is 29.7 Å². The molecule has 0 spiro atoms. The van der Waals surface area contributed by atoms with E-state index in [0.29, 0.717) is 28.9 Å². The number of aliphatic hydroxyl groups excluding tert-OH is 1. The average Bonchev–Trinajstić information content (AvgIpc) is 2.89. The second kappa shape index (κ2) is 12.4. The SMILES string of the molecule is C=CCN1CC[C@@]2(c3cccc(OC)c3)C[C@H](N(CC(C)C)C(=O)Cc3ccc(Cl)c(Cl)c3)CC(O)[C@@H]2C1. The monoisotopic (exact) mass is 558 g/mol. The lowest BCUT2D eigenvalue weighted by Gasteiger charge is -2.56. The fraction of sp³-hybridized carbons (Fsp3) is 0.516. The highest BCUT2D eigenvalue weighted by Gasteiger charge is 2.53. The highest BCUT2D eigenvalue weighted by molar-refractivity contribution is 6.42. The number of methoxy groups -OCH3 is 1. The van der Waals surface area contributed by atoms with Crippen LogP contribution < -0.4 is 4.74 Å². The second-order valence-corrected chi connectivity index (χ2v) is 12.1. The zero-order valence-electron chi connectivity index (χ0n) is 22.7. The average molecular weight is 560 g/mol. The molecule has 1 N–H and O–H groups in total. The number of rotatable bonds is 9. The van der Waals surface area contributed by atoms with Crippen LogP contribution in [0.15, 0.2) is 55.1 Å². The molecule has 4 rings (SSSR count). The minimum atomic E-state index is -0.528. The fourth-order valence-electron chi connectivity index (χ4n) is 6.55. The Kier molecular flexibility index (Phi) is 9.46. The van der Waals surface area contributed by atoms with Crippen molar-refractivity contribution in [3.05, 3.63) is 76.3 Å². The summed E-state index contributed by atoms with van der Waals surface area (Å²) in [6, 6.07) is 13.6.